The lowest BCUT2D eigenvalue weighted by atomic mass is 10.2. The maximum atomic E-state index is 5.35. The van der Waals surface area contributed by atoms with E-state index in [4.69, 9.17) is 17.0 Å². The summed E-state index contributed by atoms with van der Waals surface area (Å²) in [5, 5.41) is 3.32. The molecule has 0 aromatic carbocycles. The van der Waals surface area contributed by atoms with Gasteiger partial charge in [-0.15, -0.1) is 0 Å². The van der Waals surface area contributed by atoms with Gasteiger partial charge in [0.05, 0.1) is 13.2 Å². The second-order valence-electron chi connectivity index (χ2n) is 4.03. The molecule has 0 aliphatic carbocycles. The van der Waals surface area contributed by atoms with E-state index < -0.39 is 0 Å². The molecule has 0 saturated carbocycles. The highest BCUT2D eigenvalue weighted by Gasteiger charge is 2.21. The van der Waals surface area contributed by atoms with Gasteiger partial charge in [0, 0.05) is 37.4 Å². The summed E-state index contributed by atoms with van der Waals surface area (Å²) in [4.78, 5) is 9.87. The molecule has 2 aliphatic rings. The standard InChI is InChI=1S/C10H14N4OS/c16-10-12-8-6-11-5-7(8)9(13-10)14-1-3-15-4-2-14/h11H,1-6H2,(H,12,13,16). The topological polar surface area (TPSA) is 53.2 Å². The van der Waals surface area contributed by atoms with Crippen LogP contribution in [0.2, 0.25) is 0 Å². The van der Waals surface area contributed by atoms with Crippen LogP contribution in [-0.4, -0.2) is 36.3 Å². The van der Waals surface area contributed by atoms with Gasteiger partial charge < -0.3 is 19.9 Å². The zero-order chi connectivity index (χ0) is 11.0. The van der Waals surface area contributed by atoms with Crippen LogP contribution in [0.1, 0.15) is 11.3 Å². The van der Waals surface area contributed by atoms with E-state index >= 15 is 0 Å². The molecule has 0 amide bonds. The van der Waals surface area contributed by atoms with Gasteiger partial charge >= 0.3 is 0 Å². The number of H-pyrrole nitrogens is 1. The molecular formula is C10H14N4OS. The van der Waals surface area contributed by atoms with Crippen molar-refractivity contribution in [1.29, 1.82) is 0 Å². The third kappa shape index (κ3) is 1.73. The molecule has 1 aromatic rings. The maximum absolute atomic E-state index is 5.35. The fourth-order valence-electron chi connectivity index (χ4n) is 2.22. The number of anilines is 1. The van der Waals surface area contributed by atoms with Gasteiger partial charge in [-0.2, -0.15) is 0 Å². The summed E-state index contributed by atoms with van der Waals surface area (Å²) in [5.74, 6) is 1.03. The van der Waals surface area contributed by atoms with Gasteiger partial charge in [-0.3, -0.25) is 0 Å². The minimum Gasteiger partial charge on any atom is -0.378 e. The van der Waals surface area contributed by atoms with Crippen LogP contribution in [-0.2, 0) is 17.8 Å². The monoisotopic (exact) mass is 238 g/mol. The number of aromatic amines is 1. The number of morpholine rings is 1. The van der Waals surface area contributed by atoms with E-state index in [0.717, 1.165) is 45.2 Å². The average molecular weight is 238 g/mol. The first kappa shape index (κ1) is 10.2. The fraction of sp³-hybridized carbons (Fsp3) is 0.600. The molecule has 0 bridgehead atoms. The largest absolute Gasteiger partial charge is 0.378 e. The molecule has 2 aliphatic heterocycles. The summed E-state index contributed by atoms with van der Waals surface area (Å²) in [6, 6.07) is 0. The summed E-state index contributed by atoms with van der Waals surface area (Å²) in [6.45, 7) is 5.08. The molecule has 0 unspecified atom stereocenters. The number of hydrogen-bond donors (Lipinski definition) is 2. The summed E-state index contributed by atoms with van der Waals surface area (Å²) < 4.78 is 5.92. The van der Waals surface area contributed by atoms with Gasteiger partial charge in [-0.05, 0) is 12.2 Å². The number of nitrogens with zero attached hydrogens (tertiary/aromatic N) is 2. The molecule has 5 nitrogen and oxygen atoms in total. The highest BCUT2D eigenvalue weighted by atomic mass is 32.1. The number of aromatic nitrogens is 2. The van der Waals surface area contributed by atoms with Crippen molar-refractivity contribution in [2.24, 2.45) is 0 Å². The lowest BCUT2D eigenvalue weighted by Crippen LogP contribution is -2.37. The lowest BCUT2D eigenvalue weighted by molar-refractivity contribution is 0.122. The number of fused-ring (bicyclic) bond motifs is 1. The maximum Gasteiger partial charge on any atom is 0.199 e. The van der Waals surface area contributed by atoms with E-state index in [1.807, 2.05) is 0 Å². The van der Waals surface area contributed by atoms with Crippen LogP contribution >= 0.6 is 12.2 Å². The zero-order valence-electron chi connectivity index (χ0n) is 8.95. The predicted molar refractivity (Wildman–Crippen MR) is 63.0 cm³/mol. The average Bonchev–Trinajstić information content (AvgIpc) is 2.77. The molecule has 1 aromatic heterocycles. The van der Waals surface area contributed by atoms with Crippen molar-refractivity contribution >= 4 is 18.0 Å². The van der Waals surface area contributed by atoms with Crippen LogP contribution in [0.5, 0.6) is 0 Å². The third-order valence-electron chi connectivity index (χ3n) is 3.01. The third-order valence-corrected chi connectivity index (χ3v) is 3.21. The molecular weight excluding hydrogens is 224 g/mol. The first-order valence-corrected chi connectivity index (χ1v) is 5.91. The zero-order valence-corrected chi connectivity index (χ0v) is 9.77. The molecule has 3 rings (SSSR count). The Hall–Kier alpha value is -0.980. The number of ether oxygens (including phenoxy) is 1. The molecule has 1 fully saturated rings. The molecule has 3 heterocycles. The second kappa shape index (κ2) is 4.12. The van der Waals surface area contributed by atoms with Crippen molar-refractivity contribution in [3.63, 3.8) is 0 Å². The van der Waals surface area contributed by atoms with Crippen LogP contribution in [0, 0.1) is 4.77 Å². The minimum absolute atomic E-state index is 0.573. The van der Waals surface area contributed by atoms with Crippen LogP contribution < -0.4 is 10.2 Å². The van der Waals surface area contributed by atoms with Gasteiger partial charge in [0.1, 0.15) is 5.82 Å². The number of hydrogen-bond acceptors (Lipinski definition) is 5. The van der Waals surface area contributed by atoms with Crippen LogP contribution in [0.15, 0.2) is 0 Å². The predicted octanol–water partition coefficient (Wildman–Crippen LogP) is 0.579. The molecule has 1 saturated heterocycles. The van der Waals surface area contributed by atoms with Crippen LogP contribution in [0.25, 0.3) is 0 Å². The van der Waals surface area contributed by atoms with Crippen molar-refractivity contribution < 1.29 is 4.74 Å². The molecule has 2 N–H and O–H groups in total. The Morgan fingerprint density at radius 1 is 1.25 bits per heavy atom. The van der Waals surface area contributed by atoms with Gasteiger partial charge in [-0.1, -0.05) is 0 Å². The first-order valence-electron chi connectivity index (χ1n) is 5.50. The molecule has 6 heteroatoms. The Kier molecular flexibility index (Phi) is 2.62. The van der Waals surface area contributed by atoms with E-state index in [9.17, 15) is 0 Å². The Bertz CT molecular complexity index is 453. The van der Waals surface area contributed by atoms with Crippen LogP contribution in [0.3, 0.4) is 0 Å². The fourth-order valence-corrected chi connectivity index (χ4v) is 2.43. The first-order chi connectivity index (χ1) is 7.84. The van der Waals surface area contributed by atoms with Crippen molar-refractivity contribution in [2.75, 3.05) is 31.2 Å². The summed E-state index contributed by atoms with van der Waals surface area (Å²) >= 11 is 5.16. The van der Waals surface area contributed by atoms with E-state index in [2.05, 4.69) is 20.2 Å². The van der Waals surface area contributed by atoms with Crippen molar-refractivity contribution in [3.05, 3.63) is 16.0 Å². The van der Waals surface area contributed by atoms with E-state index in [0.29, 0.717) is 4.77 Å². The van der Waals surface area contributed by atoms with Crippen molar-refractivity contribution in [1.82, 2.24) is 15.3 Å². The van der Waals surface area contributed by atoms with Gasteiger partial charge in [0.2, 0.25) is 0 Å². The molecule has 0 radical (unpaired) electrons. The van der Waals surface area contributed by atoms with E-state index in [1.165, 1.54) is 11.3 Å². The van der Waals surface area contributed by atoms with Gasteiger partial charge in [-0.25, -0.2) is 4.98 Å². The molecule has 86 valence electrons. The second-order valence-corrected chi connectivity index (χ2v) is 4.41. The quantitative estimate of drug-likeness (QED) is 0.701. The Morgan fingerprint density at radius 3 is 2.88 bits per heavy atom. The van der Waals surface area contributed by atoms with E-state index in [1.54, 1.807) is 0 Å². The highest BCUT2D eigenvalue weighted by molar-refractivity contribution is 7.71. The smallest absolute Gasteiger partial charge is 0.199 e. The summed E-state index contributed by atoms with van der Waals surface area (Å²) in [7, 11) is 0. The Balaban J connectivity index is 2.02. The molecule has 16 heavy (non-hydrogen) atoms. The van der Waals surface area contributed by atoms with Crippen LogP contribution in [0.4, 0.5) is 5.82 Å². The highest BCUT2D eigenvalue weighted by Crippen LogP contribution is 2.24. The van der Waals surface area contributed by atoms with Gasteiger partial charge in [0.15, 0.2) is 4.77 Å². The minimum atomic E-state index is 0.573. The Labute approximate surface area is 98.8 Å². The summed E-state index contributed by atoms with van der Waals surface area (Å²) in [5.41, 5.74) is 2.44. The number of nitrogens with one attached hydrogen (secondary N) is 2. The van der Waals surface area contributed by atoms with Gasteiger partial charge in [0.25, 0.3) is 0 Å². The van der Waals surface area contributed by atoms with Crippen molar-refractivity contribution in [2.45, 2.75) is 13.1 Å². The van der Waals surface area contributed by atoms with E-state index in [-0.39, 0.29) is 0 Å². The number of rotatable bonds is 1. The summed E-state index contributed by atoms with van der Waals surface area (Å²) in [6.07, 6.45) is 0. The van der Waals surface area contributed by atoms with Crippen molar-refractivity contribution in [3.8, 4) is 0 Å². The SMILES string of the molecule is S=c1nc(N2CCOCC2)c2c([nH]1)CNC2. The Morgan fingerprint density at radius 2 is 2.06 bits per heavy atom. The normalized spacial score (nSPS) is 19.9. The molecule has 0 atom stereocenters. The molecule has 0 spiro atoms. The lowest BCUT2D eigenvalue weighted by Gasteiger charge is -2.29.